The monoisotopic (exact) mass is 324 g/mol. The maximum Gasteiger partial charge on any atom is 0.335 e. The van der Waals surface area contributed by atoms with Crippen molar-refractivity contribution in [3.8, 4) is 5.75 Å². The molecule has 122 valence electrons. The molecule has 1 heterocycles. The first-order valence-corrected chi connectivity index (χ1v) is 7.41. The predicted molar refractivity (Wildman–Crippen MR) is 89.0 cm³/mol. The van der Waals surface area contributed by atoms with E-state index in [0.717, 1.165) is 17.2 Å². The molecule has 0 aliphatic rings. The molecule has 1 N–H and O–H groups in total. The summed E-state index contributed by atoms with van der Waals surface area (Å²) in [5.74, 6) is -0.502. The number of pyridine rings is 1. The summed E-state index contributed by atoms with van der Waals surface area (Å²) >= 11 is 0. The van der Waals surface area contributed by atoms with Crippen LogP contribution in [0.1, 0.15) is 11.1 Å². The number of esters is 2. The Bertz CT molecular complexity index is 721. The zero-order chi connectivity index (χ0) is 17.2. The highest BCUT2D eigenvalue weighted by atomic mass is 16.5. The van der Waals surface area contributed by atoms with Crippen LogP contribution in [0.25, 0.3) is 6.08 Å². The molecule has 0 aliphatic carbocycles. The summed E-state index contributed by atoms with van der Waals surface area (Å²) in [4.78, 5) is 25.7. The normalized spacial score (nSPS) is 10.3. The highest BCUT2D eigenvalue weighted by Gasteiger charge is 2.01. The van der Waals surface area contributed by atoms with Crippen LogP contribution in [0.5, 0.6) is 5.75 Å². The summed E-state index contributed by atoms with van der Waals surface area (Å²) in [6.45, 7) is 3.65. The van der Waals surface area contributed by atoms with E-state index in [1.807, 2.05) is 24.5 Å². The van der Waals surface area contributed by atoms with E-state index in [1.165, 1.54) is 6.08 Å². The zero-order valence-electron chi connectivity index (χ0n) is 13.1. The number of ether oxygens (including phenoxy) is 2. The minimum atomic E-state index is -0.516. The fourth-order valence-electron chi connectivity index (χ4n) is 1.87. The van der Waals surface area contributed by atoms with E-state index in [-0.39, 0.29) is 0 Å². The van der Waals surface area contributed by atoms with Crippen molar-refractivity contribution < 1.29 is 24.0 Å². The second kappa shape index (κ2) is 9.05. The van der Waals surface area contributed by atoms with Gasteiger partial charge in [0.2, 0.25) is 0 Å². The van der Waals surface area contributed by atoms with Gasteiger partial charge in [0, 0.05) is 30.7 Å². The van der Waals surface area contributed by atoms with Crippen molar-refractivity contribution in [2.24, 2.45) is 0 Å². The van der Waals surface area contributed by atoms with E-state index >= 15 is 0 Å². The van der Waals surface area contributed by atoms with Crippen LogP contribution in [-0.4, -0.2) is 18.5 Å². The fraction of sp³-hybridized carbons (Fsp3) is 0.105. The highest BCUT2D eigenvalue weighted by molar-refractivity contribution is 5.87. The largest absolute Gasteiger partial charge is 0.462 e. The van der Waals surface area contributed by atoms with E-state index in [9.17, 15) is 9.59 Å². The van der Waals surface area contributed by atoms with E-state index in [0.29, 0.717) is 18.8 Å². The van der Waals surface area contributed by atoms with Crippen LogP contribution in [0.2, 0.25) is 0 Å². The van der Waals surface area contributed by atoms with Crippen LogP contribution in [-0.2, 0) is 20.7 Å². The molecule has 0 fully saturated rings. The third kappa shape index (κ3) is 5.88. The third-order valence-electron chi connectivity index (χ3n) is 3.10. The fourth-order valence-corrected chi connectivity index (χ4v) is 1.87. The Morgan fingerprint density at radius 2 is 1.75 bits per heavy atom. The van der Waals surface area contributed by atoms with Crippen LogP contribution >= 0.6 is 0 Å². The average molecular weight is 324 g/mol. The van der Waals surface area contributed by atoms with E-state index in [1.54, 1.807) is 30.3 Å². The van der Waals surface area contributed by atoms with Crippen molar-refractivity contribution in [2.75, 3.05) is 6.61 Å². The summed E-state index contributed by atoms with van der Waals surface area (Å²) < 4.78 is 10.1. The highest BCUT2D eigenvalue weighted by Crippen LogP contribution is 2.13. The van der Waals surface area contributed by atoms with Gasteiger partial charge in [0.05, 0.1) is 6.61 Å². The van der Waals surface area contributed by atoms with E-state index in [4.69, 9.17) is 9.47 Å². The molecule has 5 heteroatoms. The predicted octanol–water partition coefficient (Wildman–Crippen LogP) is 2.39. The average Bonchev–Trinajstić information content (AvgIpc) is 2.62. The molecule has 24 heavy (non-hydrogen) atoms. The quantitative estimate of drug-likeness (QED) is 0.445. The second-order valence-corrected chi connectivity index (χ2v) is 4.85. The van der Waals surface area contributed by atoms with Crippen LogP contribution in [0.15, 0.2) is 67.5 Å². The maximum absolute atomic E-state index is 11.7. The molecule has 0 radical (unpaired) electrons. The molecule has 0 aliphatic heterocycles. The summed E-state index contributed by atoms with van der Waals surface area (Å²) in [5, 5.41) is 0. The third-order valence-corrected chi connectivity index (χ3v) is 3.10. The number of H-pyrrole nitrogens is 1. The van der Waals surface area contributed by atoms with Crippen molar-refractivity contribution in [1.82, 2.24) is 0 Å². The Labute approximate surface area is 140 Å². The summed E-state index contributed by atoms with van der Waals surface area (Å²) in [5.41, 5.74) is 1.89. The molecule has 1 aromatic heterocycles. The van der Waals surface area contributed by atoms with Gasteiger partial charge in [0.15, 0.2) is 12.4 Å². The molecule has 0 atom stereocenters. The number of carbonyl (C=O) groups excluding carboxylic acids is 2. The molecule has 0 spiro atoms. The van der Waals surface area contributed by atoms with Gasteiger partial charge in [-0.1, -0.05) is 18.7 Å². The summed E-state index contributed by atoms with van der Waals surface area (Å²) in [6, 6.07) is 10.6. The molecule has 0 saturated carbocycles. The molecular formula is C19H18NO4+. The van der Waals surface area contributed by atoms with Crippen LogP contribution in [0, 0.1) is 0 Å². The van der Waals surface area contributed by atoms with Gasteiger partial charge in [-0.15, -0.1) is 0 Å². The lowest BCUT2D eigenvalue weighted by molar-refractivity contribution is -0.378. The minimum absolute atomic E-state index is 0.323. The summed E-state index contributed by atoms with van der Waals surface area (Å²) in [6.07, 6.45) is 8.41. The lowest BCUT2D eigenvalue weighted by atomic mass is 10.2. The van der Waals surface area contributed by atoms with Crippen LogP contribution in [0.4, 0.5) is 0 Å². The van der Waals surface area contributed by atoms with Gasteiger partial charge >= 0.3 is 11.9 Å². The molecule has 0 amide bonds. The first-order chi connectivity index (χ1) is 11.7. The van der Waals surface area contributed by atoms with Crippen molar-refractivity contribution in [3.63, 3.8) is 0 Å². The maximum atomic E-state index is 11.7. The van der Waals surface area contributed by atoms with Crippen LogP contribution in [0.3, 0.4) is 0 Å². The summed E-state index contributed by atoms with van der Waals surface area (Å²) in [7, 11) is 0. The molecule has 1 aromatic carbocycles. The van der Waals surface area contributed by atoms with E-state index < -0.39 is 11.9 Å². The number of rotatable bonds is 7. The first-order valence-electron chi connectivity index (χ1n) is 7.41. The molecule has 0 bridgehead atoms. The van der Waals surface area contributed by atoms with Crippen molar-refractivity contribution in [2.45, 2.75) is 6.42 Å². The van der Waals surface area contributed by atoms with Gasteiger partial charge in [-0.2, -0.15) is 0 Å². The Morgan fingerprint density at radius 1 is 1.04 bits per heavy atom. The van der Waals surface area contributed by atoms with Gasteiger partial charge in [-0.25, -0.2) is 14.6 Å². The Balaban J connectivity index is 1.78. The standard InChI is InChI=1S/C19H17NO4/c1-2-18(21)24-17-6-3-15(4-7-17)5-8-19(22)23-14-11-16-9-12-20-13-10-16/h2-10,12-13H,1,11,14H2/p+1/b8-5+. The molecule has 2 aromatic rings. The van der Waals surface area contributed by atoms with E-state index in [2.05, 4.69) is 11.6 Å². The Hall–Kier alpha value is -3.21. The van der Waals surface area contributed by atoms with Gasteiger partial charge < -0.3 is 9.47 Å². The molecule has 2 rings (SSSR count). The first kappa shape index (κ1) is 17.1. The number of hydrogen-bond acceptors (Lipinski definition) is 4. The molecule has 0 unspecified atom stereocenters. The SMILES string of the molecule is C=CC(=O)Oc1ccc(/C=C/C(=O)OCCc2cc[nH+]cc2)cc1. The zero-order valence-corrected chi connectivity index (χ0v) is 13.1. The second-order valence-electron chi connectivity index (χ2n) is 4.85. The van der Waals surface area contributed by atoms with Gasteiger partial charge in [-0.05, 0) is 29.3 Å². The number of nitrogens with one attached hydrogen (secondary N) is 1. The van der Waals surface area contributed by atoms with Crippen molar-refractivity contribution in [3.05, 3.63) is 78.6 Å². The number of carbonyl (C=O) groups is 2. The number of benzene rings is 1. The van der Waals surface area contributed by atoms with Crippen molar-refractivity contribution in [1.29, 1.82) is 0 Å². The van der Waals surface area contributed by atoms with Crippen LogP contribution < -0.4 is 9.72 Å². The van der Waals surface area contributed by atoms with Gasteiger partial charge in [0.25, 0.3) is 0 Å². The van der Waals surface area contributed by atoms with Gasteiger partial charge in [-0.3, -0.25) is 0 Å². The number of aromatic amines is 1. The Kier molecular flexibility index (Phi) is 6.46. The smallest absolute Gasteiger partial charge is 0.335 e. The minimum Gasteiger partial charge on any atom is -0.462 e. The topological polar surface area (TPSA) is 66.7 Å². The molecule has 5 nitrogen and oxygen atoms in total. The number of aromatic nitrogens is 1. The van der Waals surface area contributed by atoms with Crippen molar-refractivity contribution >= 4 is 18.0 Å². The molecular weight excluding hydrogens is 306 g/mol. The lowest BCUT2D eigenvalue weighted by Crippen LogP contribution is -2.06. The number of hydrogen-bond donors (Lipinski definition) is 0. The Morgan fingerprint density at radius 3 is 2.42 bits per heavy atom. The van der Waals surface area contributed by atoms with Gasteiger partial charge in [0.1, 0.15) is 5.75 Å². The molecule has 0 saturated heterocycles. The lowest BCUT2D eigenvalue weighted by Gasteiger charge is -2.02.